The van der Waals surface area contributed by atoms with Gasteiger partial charge in [-0.2, -0.15) is 0 Å². The molecule has 0 aliphatic rings. The van der Waals surface area contributed by atoms with Gasteiger partial charge in [0.1, 0.15) is 5.82 Å². The van der Waals surface area contributed by atoms with E-state index in [0.717, 1.165) is 18.8 Å². The molecule has 0 amide bonds. The number of hydrogen-bond donors (Lipinski definition) is 0. The molecule has 0 aliphatic heterocycles. The van der Waals surface area contributed by atoms with Crippen molar-refractivity contribution in [1.82, 2.24) is 4.98 Å². The van der Waals surface area contributed by atoms with E-state index in [2.05, 4.69) is 36.8 Å². The summed E-state index contributed by atoms with van der Waals surface area (Å²) in [5.74, 6) is 1.14. The van der Waals surface area contributed by atoms with Crippen LogP contribution in [-0.4, -0.2) is 18.6 Å². The Labute approximate surface area is 87.0 Å². The first-order valence-electron chi connectivity index (χ1n) is 5.44. The smallest absolute Gasteiger partial charge is 0.131 e. The number of aromatic nitrogens is 1. The van der Waals surface area contributed by atoms with Crippen LogP contribution in [0.15, 0.2) is 18.3 Å². The lowest BCUT2D eigenvalue weighted by molar-refractivity contribution is 0.755. The average molecular weight is 192 g/mol. The Bertz CT molecular complexity index is 271. The van der Waals surface area contributed by atoms with Crippen molar-refractivity contribution >= 4 is 5.82 Å². The molecule has 1 heterocycles. The Balaban J connectivity index is 2.72. The summed E-state index contributed by atoms with van der Waals surface area (Å²) in [6.45, 7) is 5.49. The zero-order valence-corrected chi connectivity index (χ0v) is 9.45. The molecule has 0 aromatic carbocycles. The highest BCUT2D eigenvalue weighted by Gasteiger charge is 2.05. The predicted molar refractivity (Wildman–Crippen MR) is 61.8 cm³/mol. The molecule has 0 bridgehead atoms. The van der Waals surface area contributed by atoms with Gasteiger partial charge in [-0.1, -0.05) is 26.3 Å². The number of rotatable bonds is 5. The lowest BCUT2D eigenvalue weighted by Crippen LogP contribution is -2.20. The second-order valence-electron chi connectivity index (χ2n) is 3.61. The summed E-state index contributed by atoms with van der Waals surface area (Å²) in [6, 6.07) is 4.17. The van der Waals surface area contributed by atoms with E-state index in [1.165, 1.54) is 18.4 Å². The fourth-order valence-electron chi connectivity index (χ4n) is 1.55. The number of pyridine rings is 1. The van der Waals surface area contributed by atoms with E-state index in [-0.39, 0.29) is 0 Å². The van der Waals surface area contributed by atoms with E-state index >= 15 is 0 Å². The molecule has 0 atom stereocenters. The number of hydrogen-bond acceptors (Lipinski definition) is 2. The van der Waals surface area contributed by atoms with Gasteiger partial charge in [-0.3, -0.25) is 0 Å². The minimum Gasteiger partial charge on any atom is -0.359 e. The Hall–Kier alpha value is -1.05. The first-order chi connectivity index (χ1) is 6.79. The molecule has 78 valence electrons. The summed E-state index contributed by atoms with van der Waals surface area (Å²) < 4.78 is 0. The van der Waals surface area contributed by atoms with Gasteiger partial charge in [0.2, 0.25) is 0 Å². The Kier molecular flexibility index (Phi) is 4.44. The summed E-state index contributed by atoms with van der Waals surface area (Å²) in [4.78, 5) is 6.68. The van der Waals surface area contributed by atoms with E-state index in [1.807, 2.05) is 12.3 Å². The van der Waals surface area contributed by atoms with Gasteiger partial charge in [-0.25, -0.2) is 4.98 Å². The molecule has 0 aliphatic carbocycles. The third-order valence-electron chi connectivity index (χ3n) is 2.46. The van der Waals surface area contributed by atoms with Crippen LogP contribution in [0, 0.1) is 0 Å². The van der Waals surface area contributed by atoms with Crippen molar-refractivity contribution in [2.24, 2.45) is 0 Å². The van der Waals surface area contributed by atoms with Crippen LogP contribution < -0.4 is 4.90 Å². The fourth-order valence-corrected chi connectivity index (χ4v) is 1.55. The minimum atomic E-state index is 1.06. The third kappa shape index (κ3) is 2.72. The SMILES string of the molecule is CCCCN(C)c1ncccc1CC. The van der Waals surface area contributed by atoms with Crippen LogP contribution in [0.4, 0.5) is 5.82 Å². The van der Waals surface area contributed by atoms with Crippen LogP contribution in [0.2, 0.25) is 0 Å². The Morgan fingerprint density at radius 3 is 2.79 bits per heavy atom. The van der Waals surface area contributed by atoms with Crippen LogP contribution >= 0.6 is 0 Å². The van der Waals surface area contributed by atoms with Crippen molar-refractivity contribution in [3.8, 4) is 0 Å². The summed E-state index contributed by atoms with van der Waals surface area (Å²) in [7, 11) is 2.12. The lowest BCUT2D eigenvalue weighted by Gasteiger charge is -2.20. The molecule has 0 spiro atoms. The number of aryl methyl sites for hydroxylation is 1. The second kappa shape index (κ2) is 5.63. The van der Waals surface area contributed by atoms with Crippen molar-refractivity contribution in [3.05, 3.63) is 23.9 Å². The van der Waals surface area contributed by atoms with Gasteiger partial charge >= 0.3 is 0 Å². The highest BCUT2D eigenvalue weighted by Crippen LogP contribution is 2.16. The number of anilines is 1. The fraction of sp³-hybridized carbons (Fsp3) is 0.583. The quantitative estimate of drug-likeness (QED) is 0.713. The Morgan fingerprint density at radius 1 is 1.36 bits per heavy atom. The highest BCUT2D eigenvalue weighted by atomic mass is 15.2. The molecule has 14 heavy (non-hydrogen) atoms. The summed E-state index contributed by atoms with van der Waals surface area (Å²) in [6.07, 6.45) is 5.39. The molecule has 1 aromatic rings. The molecule has 0 saturated carbocycles. The average Bonchev–Trinajstić information content (AvgIpc) is 2.25. The zero-order valence-electron chi connectivity index (χ0n) is 9.45. The molecule has 1 aromatic heterocycles. The number of nitrogens with zero attached hydrogens (tertiary/aromatic N) is 2. The molecular formula is C12H20N2. The molecule has 0 N–H and O–H groups in total. The van der Waals surface area contributed by atoms with Crippen LogP contribution in [0.5, 0.6) is 0 Å². The highest BCUT2D eigenvalue weighted by molar-refractivity contribution is 5.45. The second-order valence-corrected chi connectivity index (χ2v) is 3.61. The van der Waals surface area contributed by atoms with Gasteiger partial charge in [0.25, 0.3) is 0 Å². The summed E-state index contributed by atoms with van der Waals surface area (Å²) in [5, 5.41) is 0. The van der Waals surface area contributed by atoms with Gasteiger partial charge in [-0.15, -0.1) is 0 Å². The molecule has 0 unspecified atom stereocenters. The van der Waals surface area contributed by atoms with Gasteiger partial charge in [0.05, 0.1) is 0 Å². The maximum Gasteiger partial charge on any atom is 0.131 e. The van der Waals surface area contributed by atoms with E-state index in [1.54, 1.807) is 0 Å². The van der Waals surface area contributed by atoms with Crippen molar-refractivity contribution in [2.75, 3.05) is 18.5 Å². The van der Waals surface area contributed by atoms with Crippen LogP contribution in [-0.2, 0) is 6.42 Å². The summed E-state index contributed by atoms with van der Waals surface area (Å²) in [5.41, 5.74) is 1.34. The van der Waals surface area contributed by atoms with Crippen LogP contribution in [0.3, 0.4) is 0 Å². The molecule has 0 radical (unpaired) electrons. The van der Waals surface area contributed by atoms with Crippen molar-refractivity contribution in [2.45, 2.75) is 33.1 Å². The molecular weight excluding hydrogens is 172 g/mol. The normalized spacial score (nSPS) is 10.2. The monoisotopic (exact) mass is 192 g/mol. The molecule has 2 nitrogen and oxygen atoms in total. The van der Waals surface area contributed by atoms with E-state index in [4.69, 9.17) is 0 Å². The minimum absolute atomic E-state index is 1.06. The first kappa shape index (κ1) is 11.0. The van der Waals surface area contributed by atoms with Crippen LogP contribution in [0.25, 0.3) is 0 Å². The largest absolute Gasteiger partial charge is 0.359 e. The third-order valence-corrected chi connectivity index (χ3v) is 2.46. The van der Waals surface area contributed by atoms with E-state index < -0.39 is 0 Å². The first-order valence-corrected chi connectivity index (χ1v) is 5.44. The predicted octanol–water partition coefficient (Wildman–Crippen LogP) is 2.88. The molecule has 0 fully saturated rings. The van der Waals surface area contributed by atoms with E-state index in [9.17, 15) is 0 Å². The van der Waals surface area contributed by atoms with Gasteiger partial charge in [0, 0.05) is 19.8 Å². The van der Waals surface area contributed by atoms with Gasteiger partial charge < -0.3 is 4.90 Å². The molecule has 0 saturated heterocycles. The van der Waals surface area contributed by atoms with Gasteiger partial charge in [-0.05, 0) is 24.5 Å². The standard InChI is InChI=1S/C12H20N2/c1-4-6-10-14(3)12-11(5-2)8-7-9-13-12/h7-9H,4-6,10H2,1-3H3. The maximum absolute atomic E-state index is 4.43. The Morgan fingerprint density at radius 2 is 2.14 bits per heavy atom. The lowest BCUT2D eigenvalue weighted by atomic mass is 10.2. The van der Waals surface area contributed by atoms with Crippen molar-refractivity contribution in [3.63, 3.8) is 0 Å². The van der Waals surface area contributed by atoms with Crippen LogP contribution in [0.1, 0.15) is 32.3 Å². The van der Waals surface area contributed by atoms with Gasteiger partial charge in [0.15, 0.2) is 0 Å². The maximum atomic E-state index is 4.43. The molecule has 1 rings (SSSR count). The number of unbranched alkanes of at least 4 members (excludes halogenated alkanes) is 1. The van der Waals surface area contributed by atoms with Crippen molar-refractivity contribution in [1.29, 1.82) is 0 Å². The van der Waals surface area contributed by atoms with Crippen molar-refractivity contribution < 1.29 is 0 Å². The van der Waals surface area contributed by atoms with E-state index in [0.29, 0.717) is 0 Å². The summed E-state index contributed by atoms with van der Waals surface area (Å²) >= 11 is 0. The molecule has 2 heteroatoms. The zero-order chi connectivity index (χ0) is 10.4. The topological polar surface area (TPSA) is 16.1 Å².